The molecule has 9 heteroatoms. The smallest absolute Gasteiger partial charge is 0.243 e. The summed E-state index contributed by atoms with van der Waals surface area (Å²) in [7, 11) is -3.43. The average Bonchev–Trinajstić information content (AvgIpc) is 3.30. The van der Waals surface area contributed by atoms with Crippen LogP contribution in [0, 0.1) is 4.77 Å². The molecule has 150 valence electrons. The summed E-state index contributed by atoms with van der Waals surface area (Å²) in [5.41, 5.74) is 2.48. The van der Waals surface area contributed by atoms with Crippen molar-refractivity contribution in [1.29, 1.82) is 0 Å². The monoisotopic (exact) mass is 420 g/mol. The fourth-order valence-corrected chi connectivity index (χ4v) is 5.74. The lowest BCUT2D eigenvalue weighted by Gasteiger charge is -2.31. The van der Waals surface area contributed by atoms with E-state index >= 15 is 0 Å². The SMILES string of the molecule is C=CCn1cnn(C[NH+]2CCN(S(=O)(=O)c3ccc4c(c3)CCC4)CC2)c1=S. The second-order valence-electron chi connectivity index (χ2n) is 7.45. The van der Waals surface area contributed by atoms with E-state index in [1.165, 1.54) is 16.0 Å². The highest BCUT2D eigenvalue weighted by Crippen LogP contribution is 2.26. The van der Waals surface area contributed by atoms with Crippen molar-refractivity contribution in [2.75, 3.05) is 26.2 Å². The Labute approximate surface area is 170 Å². The molecule has 0 atom stereocenters. The number of hydrogen-bond donors (Lipinski definition) is 1. The highest BCUT2D eigenvalue weighted by molar-refractivity contribution is 7.89. The predicted molar refractivity (Wildman–Crippen MR) is 109 cm³/mol. The number of benzene rings is 1. The molecule has 4 rings (SSSR count). The average molecular weight is 421 g/mol. The van der Waals surface area contributed by atoms with Gasteiger partial charge < -0.3 is 9.47 Å². The van der Waals surface area contributed by atoms with Gasteiger partial charge in [-0.2, -0.15) is 14.1 Å². The molecular weight excluding hydrogens is 394 g/mol. The minimum Gasteiger partial charge on any atom is -0.314 e. The number of allylic oxidation sites excluding steroid dienone is 1. The van der Waals surface area contributed by atoms with Crippen LogP contribution in [0.5, 0.6) is 0 Å². The molecule has 1 N–H and O–H groups in total. The first-order valence-electron chi connectivity index (χ1n) is 9.67. The van der Waals surface area contributed by atoms with Gasteiger partial charge >= 0.3 is 0 Å². The quantitative estimate of drug-likeness (QED) is 0.550. The van der Waals surface area contributed by atoms with Gasteiger partial charge in [0, 0.05) is 6.54 Å². The molecule has 0 bridgehead atoms. The summed E-state index contributed by atoms with van der Waals surface area (Å²) < 4.78 is 32.1. The highest BCUT2D eigenvalue weighted by atomic mass is 32.2. The third-order valence-corrected chi connectivity index (χ3v) is 7.97. The zero-order valence-corrected chi connectivity index (χ0v) is 17.5. The Morgan fingerprint density at radius 2 is 1.96 bits per heavy atom. The molecule has 28 heavy (non-hydrogen) atoms. The maximum Gasteiger partial charge on any atom is 0.243 e. The molecule has 2 aromatic rings. The van der Waals surface area contributed by atoms with Gasteiger partial charge in [0.2, 0.25) is 14.8 Å². The zero-order chi connectivity index (χ0) is 19.7. The number of aromatic nitrogens is 3. The number of nitrogens with one attached hydrogen (secondary N) is 1. The molecule has 2 aliphatic rings. The topological polar surface area (TPSA) is 64.6 Å². The van der Waals surface area contributed by atoms with Crippen LogP contribution in [0.25, 0.3) is 0 Å². The first kappa shape index (κ1) is 19.5. The Bertz CT molecular complexity index is 1030. The summed E-state index contributed by atoms with van der Waals surface area (Å²) in [5.74, 6) is 0. The molecule has 1 aromatic heterocycles. The number of piperazine rings is 1. The molecule has 0 unspecified atom stereocenters. The van der Waals surface area contributed by atoms with E-state index in [0.29, 0.717) is 36.0 Å². The number of nitrogens with zero attached hydrogens (tertiary/aromatic N) is 4. The summed E-state index contributed by atoms with van der Waals surface area (Å²) >= 11 is 5.44. The Hall–Kier alpha value is -1.81. The van der Waals surface area contributed by atoms with Crippen LogP contribution >= 0.6 is 12.2 Å². The number of sulfonamides is 1. The molecule has 0 radical (unpaired) electrons. The fraction of sp³-hybridized carbons (Fsp3) is 0.474. The molecule has 1 fully saturated rings. The van der Waals surface area contributed by atoms with Gasteiger partial charge in [-0.05, 0) is 54.7 Å². The molecule has 1 aliphatic carbocycles. The lowest BCUT2D eigenvalue weighted by Crippen LogP contribution is -3.14. The van der Waals surface area contributed by atoms with E-state index in [-0.39, 0.29) is 0 Å². The van der Waals surface area contributed by atoms with E-state index in [2.05, 4.69) is 11.7 Å². The number of rotatable bonds is 6. The van der Waals surface area contributed by atoms with Crippen LogP contribution in [0.3, 0.4) is 0 Å². The number of aryl methyl sites for hydroxylation is 2. The largest absolute Gasteiger partial charge is 0.314 e. The predicted octanol–water partition coefficient (Wildman–Crippen LogP) is 0.636. The van der Waals surface area contributed by atoms with Crippen LogP contribution in [0.4, 0.5) is 0 Å². The van der Waals surface area contributed by atoms with E-state index in [9.17, 15) is 8.42 Å². The Morgan fingerprint density at radius 3 is 2.71 bits per heavy atom. The minimum atomic E-state index is -3.43. The van der Waals surface area contributed by atoms with Crippen molar-refractivity contribution < 1.29 is 13.3 Å². The lowest BCUT2D eigenvalue weighted by atomic mass is 10.1. The Balaban J connectivity index is 1.41. The van der Waals surface area contributed by atoms with Gasteiger partial charge in [0.15, 0.2) is 6.67 Å². The molecule has 0 saturated carbocycles. The molecular formula is C19H26N5O2S2+. The molecule has 1 aliphatic heterocycles. The first-order chi connectivity index (χ1) is 13.5. The normalized spacial score (nSPS) is 18.3. The number of fused-ring (bicyclic) bond motifs is 1. The molecule has 7 nitrogen and oxygen atoms in total. The maximum atomic E-state index is 13.1. The van der Waals surface area contributed by atoms with Gasteiger partial charge in [0.05, 0.1) is 31.1 Å². The molecule has 0 spiro atoms. The van der Waals surface area contributed by atoms with Gasteiger partial charge in [-0.1, -0.05) is 12.1 Å². The van der Waals surface area contributed by atoms with Crippen molar-refractivity contribution in [3.05, 3.63) is 53.1 Å². The third-order valence-electron chi connectivity index (χ3n) is 5.63. The summed E-state index contributed by atoms with van der Waals surface area (Å²) in [6.07, 6.45) is 6.67. The van der Waals surface area contributed by atoms with Gasteiger partial charge in [-0.25, -0.2) is 8.42 Å². The van der Waals surface area contributed by atoms with Crippen LogP contribution in [0.1, 0.15) is 17.5 Å². The summed E-state index contributed by atoms with van der Waals surface area (Å²) in [5, 5.41) is 4.35. The number of quaternary nitrogens is 1. The third kappa shape index (κ3) is 3.71. The van der Waals surface area contributed by atoms with Crippen LogP contribution in [0.2, 0.25) is 0 Å². The Kier molecular flexibility index (Phi) is 5.50. The van der Waals surface area contributed by atoms with Crippen molar-refractivity contribution in [1.82, 2.24) is 18.7 Å². The second-order valence-corrected chi connectivity index (χ2v) is 9.75. The minimum absolute atomic E-state index is 0.432. The maximum absolute atomic E-state index is 13.1. The first-order valence-corrected chi connectivity index (χ1v) is 11.5. The van der Waals surface area contributed by atoms with Crippen molar-refractivity contribution in [3.63, 3.8) is 0 Å². The lowest BCUT2D eigenvalue weighted by molar-refractivity contribution is -0.926. The van der Waals surface area contributed by atoms with Crippen LogP contribution < -0.4 is 4.90 Å². The fourth-order valence-electron chi connectivity index (χ4n) is 4.01. The summed E-state index contributed by atoms with van der Waals surface area (Å²) in [6.45, 7) is 7.51. The van der Waals surface area contributed by atoms with E-state index < -0.39 is 10.0 Å². The molecule has 1 aromatic carbocycles. The van der Waals surface area contributed by atoms with Crippen molar-refractivity contribution in [2.24, 2.45) is 0 Å². The standard InChI is InChI=1S/C19H25N5O2S2/c1-2-8-22-14-20-24(19(22)27)15-21-9-11-23(12-10-21)28(25,26)18-7-6-16-4-3-5-17(16)13-18/h2,6-7,13-14H,1,3-5,8-12,15H2/p+1. The second kappa shape index (κ2) is 7.90. The summed E-state index contributed by atoms with van der Waals surface area (Å²) in [6, 6.07) is 5.63. The van der Waals surface area contributed by atoms with Crippen molar-refractivity contribution in [3.8, 4) is 0 Å². The van der Waals surface area contributed by atoms with Gasteiger partial charge in [-0.3, -0.25) is 0 Å². The molecule has 2 heterocycles. The van der Waals surface area contributed by atoms with Crippen LogP contribution in [0.15, 0.2) is 42.1 Å². The van der Waals surface area contributed by atoms with E-state index in [0.717, 1.165) is 32.4 Å². The van der Waals surface area contributed by atoms with Gasteiger partial charge in [-0.15, -0.1) is 6.58 Å². The Morgan fingerprint density at radius 1 is 1.21 bits per heavy atom. The molecule has 0 amide bonds. The highest BCUT2D eigenvalue weighted by Gasteiger charge is 2.31. The van der Waals surface area contributed by atoms with Crippen molar-refractivity contribution in [2.45, 2.75) is 37.4 Å². The van der Waals surface area contributed by atoms with E-state index in [1.807, 2.05) is 16.7 Å². The van der Waals surface area contributed by atoms with Gasteiger partial charge in [0.1, 0.15) is 6.33 Å². The van der Waals surface area contributed by atoms with Crippen molar-refractivity contribution >= 4 is 22.2 Å². The summed E-state index contributed by atoms with van der Waals surface area (Å²) in [4.78, 5) is 1.71. The van der Waals surface area contributed by atoms with E-state index in [4.69, 9.17) is 12.2 Å². The van der Waals surface area contributed by atoms with E-state index in [1.54, 1.807) is 27.5 Å². The van der Waals surface area contributed by atoms with Gasteiger partial charge in [0.25, 0.3) is 0 Å². The zero-order valence-electron chi connectivity index (χ0n) is 15.9. The molecule has 1 saturated heterocycles. The number of hydrogen-bond acceptors (Lipinski definition) is 4. The van der Waals surface area contributed by atoms with Crippen LogP contribution in [-0.2, 0) is 36.1 Å². The van der Waals surface area contributed by atoms with Crippen LogP contribution in [-0.4, -0.2) is 53.2 Å².